The van der Waals surface area contributed by atoms with Gasteiger partial charge in [0.25, 0.3) is 0 Å². The summed E-state index contributed by atoms with van der Waals surface area (Å²) >= 11 is 0. The maximum atomic E-state index is 11.4. The van der Waals surface area contributed by atoms with Crippen LogP contribution in [0.3, 0.4) is 0 Å². The van der Waals surface area contributed by atoms with Crippen LogP contribution in [-0.4, -0.2) is 23.7 Å². The monoisotopic (exact) mass is 216 g/mol. The summed E-state index contributed by atoms with van der Waals surface area (Å²) < 4.78 is 4.83. The minimum absolute atomic E-state index is 0.133. The van der Waals surface area contributed by atoms with Crippen molar-refractivity contribution in [2.75, 3.05) is 6.61 Å². The number of aliphatic carboxylic acids is 1. The van der Waals surface area contributed by atoms with E-state index in [1.807, 2.05) is 13.8 Å². The first-order valence-corrected chi connectivity index (χ1v) is 5.35. The van der Waals surface area contributed by atoms with Gasteiger partial charge >= 0.3 is 11.9 Å². The van der Waals surface area contributed by atoms with E-state index >= 15 is 0 Å². The van der Waals surface area contributed by atoms with Gasteiger partial charge < -0.3 is 9.84 Å². The predicted octanol–water partition coefficient (Wildman–Crippen LogP) is 2.08. The fourth-order valence-electron chi connectivity index (χ4n) is 1.31. The molecule has 0 saturated carbocycles. The van der Waals surface area contributed by atoms with Crippen molar-refractivity contribution in [2.24, 2.45) is 11.8 Å². The van der Waals surface area contributed by atoms with E-state index in [9.17, 15) is 9.59 Å². The highest BCUT2D eigenvalue weighted by atomic mass is 16.5. The fraction of sp³-hybridized carbons (Fsp3) is 0.818. The van der Waals surface area contributed by atoms with Crippen molar-refractivity contribution in [1.29, 1.82) is 0 Å². The minimum atomic E-state index is -0.947. The fourth-order valence-corrected chi connectivity index (χ4v) is 1.31. The molecule has 4 nitrogen and oxygen atoms in total. The van der Waals surface area contributed by atoms with Crippen molar-refractivity contribution in [1.82, 2.24) is 0 Å². The number of ether oxygens (including phenoxy) is 1. The maximum absolute atomic E-state index is 11.4. The van der Waals surface area contributed by atoms with Crippen LogP contribution in [-0.2, 0) is 14.3 Å². The molecule has 0 aliphatic heterocycles. The Morgan fingerprint density at radius 2 is 1.87 bits per heavy atom. The zero-order chi connectivity index (χ0) is 11.8. The minimum Gasteiger partial charge on any atom is -0.481 e. The zero-order valence-electron chi connectivity index (χ0n) is 9.66. The Kier molecular flexibility index (Phi) is 6.75. The number of carboxylic acids is 1. The van der Waals surface area contributed by atoms with E-state index in [0.717, 1.165) is 6.42 Å². The quantitative estimate of drug-likeness (QED) is 0.662. The summed E-state index contributed by atoms with van der Waals surface area (Å²) in [6.45, 7) is 6.11. The van der Waals surface area contributed by atoms with Crippen molar-refractivity contribution >= 4 is 11.9 Å². The van der Waals surface area contributed by atoms with Crippen LogP contribution >= 0.6 is 0 Å². The SMILES string of the molecule is CCOC(=O)C(CCC(C)C)CC(=O)O. The molecule has 0 amide bonds. The molecule has 0 saturated heterocycles. The van der Waals surface area contributed by atoms with Gasteiger partial charge in [0.1, 0.15) is 0 Å². The lowest BCUT2D eigenvalue weighted by molar-refractivity contribution is -0.153. The second kappa shape index (κ2) is 7.26. The van der Waals surface area contributed by atoms with E-state index < -0.39 is 11.9 Å². The number of hydrogen-bond donors (Lipinski definition) is 1. The normalized spacial score (nSPS) is 12.5. The lowest BCUT2D eigenvalue weighted by Crippen LogP contribution is -2.21. The van der Waals surface area contributed by atoms with Crippen molar-refractivity contribution in [3.63, 3.8) is 0 Å². The van der Waals surface area contributed by atoms with Gasteiger partial charge in [0.15, 0.2) is 0 Å². The van der Waals surface area contributed by atoms with Gasteiger partial charge in [-0.05, 0) is 19.3 Å². The Labute approximate surface area is 90.6 Å². The van der Waals surface area contributed by atoms with Gasteiger partial charge in [-0.1, -0.05) is 20.3 Å². The Balaban J connectivity index is 4.17. The number of hydrogen-bond acceptors (Lipinski definition) is 3. The largest absolute Gasteiger partial charge is 0.481 e. The molecule has 0 aliphatic carbocycles. The first-order chi connectivity index (χ1) is 6.97. The molecule has 0 spiro atoms. The smallest absolute Gasteiger partial charge is 0.309 e. The molecule has 1 atom stereocenters. The molecule has 0 aromatic heterocycles. The first-order valence-electron chi connectivity index (χ1n) is 5.35. The molecule has 0 aromatic rings. The van der Waals surface area contributed by atoms with Crippen molar-refractivity contribution < 1.29 is 19.4 Å². The third-order valence-electron chi connectivity index (χ3n) is 2.13. The number of carbonyl (C=O) groups excluding carboxylic acids is 1. The zero-order valence-corrected chi connectivity index (χ0v) is 9.66. The molecule has 0 aromatic carbocycles. The van der Waals surface area contributed by atoms with Crippen LogP contribution in [0.2, 0.25) is 0 Å². The van der Waals surface area contributed by atoms with E-state index in [2.05, 4.69) is 0 Å². The second-order valence-corrected chi connectivity index (χ2v) is 4.02. The molecular weight excluding hydrogens is 196 g/mol. The summed E-state index contributed by atoms with van der Waals surface area (Å²) in [6.07, 6.45) is 1.30. The van der Waals surface area contributed by atoms with Gasteiger partial charge in [-0.2, -0.15) is 0 Å². The van der Waals surface area contributed by atoms with Gasteiger partial charge in [-0.3, -0.25) is 9.59 Å². The summed E-state index contributed by atoms with van der Waals surface area (Å²) in [5.74, 6) is -1.36. The number of carbonyl (C=O) groups is 2. The molecule has 1 N–H and O–H groups in total. The van der Waals surface area contributed by atoms with Gasteiger partial charge in [-0.15, -0.1) is 0 Å². The third kappa shape index (κ3) is 6.94. The molecule has 88 valence electrons. The standard InChI is InChI=1S/C11H20O4/c1-4-15-11(14)9(7-10(12)13)6-5-8(2)3/h8-9H,4-7H2,1-3H3,(H,12,13). The van der Waals surface area contributed by atoms with Crippen LogP contribution in [0.4, 0.5) is 0 Å². The number of esters is 1. The van der Waals surface area contributed by atoms with E-state index in [1.165, 1.54) is 0 Å². The topological polar surface area (TPSA) is 63.6 Å². The molecule has 4 heteroatoms. The molecule has 0 heterocycles. The molecule has 15 heavy (non-hydrogen) atoms. The maximum Gasteiger partial charge on any atom is 0.309 e. The lowest BCUT2D eigenvalue weighted by atomic mass is 9.95. The van der Waals surface area contributed by atoms with Crippen LogP contribution < -0.4 is 0 Å². The van der Waals surface area contributed by atoms with Crippen LogP contribution in [0.15, 0.2) is 0 Å². The third-order valence-corrected chi connectivity index (χ3v) is 2.13. The summed E-state index contributed by atoms with van der Waals surface area (Å²) in [7, 11) is 0. The van der Waals surface area contributed by atoms with Crippen molar-refractivity contribution in [2.45, 2.75) is 40.0 Å². The summed E-state index contributed by atoms with van der Waals surface area (Å²) in [6, 6.07) is 0. The number of rotatable bonds is 7. The van der Waals surface area contributed by atoms with Gasteiger partial charge in [-0.25, -0.2) is 0 Å². The molecule has 0 radical (unpaired) electrons. The molecule has 0 bridgehead atoms. The average Bonchev–Trinajstić information content (AvgIpc) is 2.11. The summed E-state index contributed by atoms with van der Waals surface area (Å²) in [5.41, 5.74) is 0. The lowest BCUT2D eigenvalue weighted by Gasteiger charge is -2.14. The Morgan fingerprint density at radius 3 is 2.27 bits per heavy atom. The predicted molar refractivity (Wildman–Crippen MR) is 56.4 cm³/mol. The molecule has 0 aliphatic rings. The van der Waals surface area contributed by atoms with Gasteiger partial charge in [0.2, 0.25) is 0 Å². The van der Waals surface area contributed by atoms with Crippen LogP contribution in [0, 0.1) is 11.8 Å². The van der Waals surface area contributed by atoms with Crippen LogP contribution in [0.1, 0.15) is 40.0 Å². The molecule has 0 fully saturated rings. The highest BCUT2D eigenvalue weighted by Gasteiger charge is 2.22. The van der Waals surface area contributed by atoms with Crippen LogP contribution in [0.25, 0.3) is 0 Å². The second-order valence-electron chi connectivity index (χ2n) is 4.02. The van der Waals surface area contributed by atoms with Crippen molar-refractivity contribution in [3.05, 3.63) is 0 Å². The van der Waals surface area contributed by atoms with E-state index in [4.69, 9.17) is 9.84 Å². The van der Waals surface area contributed by atoms with Gasteiger partial charge in [0, 0.05) is 0 Å². The highest BCUT2D eigenvalue weighted by Crippen LogP contribution is 2.17. The Morgan fingerprint density at radius 1 is 1.27 bits per heavy atom. The van der Waals surface area contributed by atoms with Crippen LogP contribution in [0.5, 0.6) is 0 Å². The molecule has 1 unspecified atom stereocenters. The molecule has 0 rings (SSSR count). The number of carboxylic acid groups (broad SMARTS) is 1. The Hall–Kier alpha value is -1.06. The average molecular weight is 216 g/mol. The van der Waals surface area contributed by atoms with Crippen molar-refractivity contribution in [3.8, 4) is 0 Å². The first kappa shape index (κ1) is 13.9. The van der Waals surface area contributed by atoms with E-state index in [-0.39, 0.29) is 12.4 Å². The highest BCUT2D eigenvalue weighted by molar-refractivity contribution is 5.78. The van der Waals surface area contributed by atoms with E-state index in [0.29, 0.717) is 18.9 Å². The summed E-state index contributed by atoms with van der Waals surface area (Å²) in [4.78, 5) is 22.0. The van der Waals surface area contributed by atoms with Gasteiger partial charge in [0.05, 0.1) is 18.9 Å². The Bertz CT molecular complexity index is 211. The van der Waals surface area contributed by atoms with E-state index in [1.54, 1.807) is 6.92 Å². The summed E-state index contributed by atoms with van der Waals surface area (Å²) in [5, 5.41) is 8.66. The molecular formula is C11H20O4.